The van der Waals surface area contributed by atoms with E-state index in [-0.39, 0.29) is 0 Å². The minimum Gasteiger partial charge on any atom is -0.259 e. The highest BCUT2D eigenvalue weighted by atomic mass is 35.5. The van der Waals surface area contributed by atoms with E-state index in [1.54, 1.807) is 12.3 Å². The van der Waals surface area contributed by atoms with Crippen LogP contribution in [0.25, 0.3) is 0 Å². The lowest BCUT2D eigenvalue weighted by molar-refractivity contribution is -0.403. The van der Waals surface area contributed by atoms with Gasteiger partial charge in [0.1, 0.15) is 5.15 Å². The third kappa shape index (κ3) is 4.08. The second kappa shape index (κ2) is 5.46. The lowest BCUT2D eigenvalue weighted by atomic mass is 10.1. The van der Waals surface area contributed by atoms with Crippen LogP contribution in [-0.4, -0.2) is 9.91 Å². The number of allylic oxidation sites excluding steroid dienone is 1. The van der Waals surface area contributed by atoms with Crippen molar-refractivity contribution in [3.05, 3.63) is 50.9 Å². The average Bonchev–Trinajstić information content (AvgIpc) is 2.19. The summed E-state index contributed by atoms with van der Waals surface area (Å²) in [5, 5.41) is 10.7. The molecule has 0 N–H and O–H groups in total. The first-order valence-electron chi connectivity index (χ1n) is 4.55. The quantitative estimate of drug-likeness (QED) is 0.451. The van der Waals surface area contributed by atoms with E-state index in [0.717, 1.165) is 17.3 Å². The van der Waals surface area contributed by atoms with Crippen molar-refractivity contribution in [2.24, 2.45) is 0 Å². The van der Waals surface area contributed by atoms with E-state index in [2.05, 4.69) is 4.98 Å². The van der Waals surface area contributed by atoms with Crippen molar-refractivity contribution < 1.29 is 4.92 Å². The molecule has 0 saturated heterocycles. The molecule has 15 heavy (non-hydrogen) atoms. The van der Waals surface area contributed by atoms with Gasteiger partial charge in [0, 0.05) is 18.2 Å². The van der Waals surface area contributed by atoms with Crippen LogP contribution in [0.1, 0.15) is 18.9 Å². The van der Waals surface area contributed by atoms with Gasteiger partial charge in [0.05, 0.1) is 4.92 Å². The number of nitrogens with zero attached hydrogens (tertiary/aromatic N) is 2. The molecule has 0 amide bonds. The van der Waals surface area contributed by atoms with E-state index in [9.17, 15) is 10.1 Å². The van der Waals surface area contributed by atoms with Crippen LogP contribution in [0.3, 0.4) is 0 Å². The van der Waals surface area contributed by atoms with Crippen LogP contribution in [-0.2, 0) is 6.42 Å². The van der Waals surface area contributed by atoms with E-state index in [0.29, 0.717) is 18.0 Å². The molecule has 0 aliphatic heterocycles. The van der Waals surface area contributed by atoms with Gasteiger partial charge in [-0.1, -0.05) is 24.6 Å². The molecule has 0 unspecified atom stereocenters. The van der Waals surface area contributed by atoms with Crippen molar-refractivity contribution in [1.29, 1.82) is 0 Å². The molecule has 5 heteroatoms. The smallest absolute Gasteiger partial charge is 0.233 e. The maximum absolute atomic E-state index is 10.3. The zero-order valence-electron chi connectivity index (χ0n) is 8.31. The van der Waals surface area contributed by atoms with E-state index in [1.807, 2.05) is 13.0 Å². The summed E-state index contributed by atoms with van der Waals surface area (Å²) in [6.07, 6.45) is 3.88. The Morgan fingerprint density at radius 3 is 2.87 bits per heavy atom. The van der Waals surface area contributed by atoms with Crippen LogP contribution < -0.4 is 0 Å². The van der Waals surface area contributed by atoms with Gasteiger partial charge in [0.2, 0.25) is 6.20 Å². The van der Waals surface area contributed by atoms with Gasteiger partial charge in [0.25, 0.3) is 0 Å². The van der Waals surface area contributed by atoms with Gasteiger partial charge in [-0.2, -0.15) is 0 Å². The molecule has 4 nitrogen and oxygen atoms in total. The zero-order chi connectivity index (χ0) is 11.3. The Kier molecular flexibility index (Phi) is 4.24. The van der Waals surface area contributed by atoms with Gasteiger partial charge in [-0.05, 0) is 18.1 Å². The Morgan fingerprint density at radius 2 is 2.40 bits per heavy atom. The third-order valence-corrected chi connectivity index (χ3v) is 2.19. The van der Waals surface area contributed by atoms with Crippen LogP contribution in [0.2, 0.25) is 5.15 Å². The van der Waals surface area contributed by atoms with Gasteiger partial charge in [0.15, 0.2) is 0 Å². The summed E-state index contributed by atoms with van der Waals surface area (Å²) in [6, 6.07) is 3.50. The number of aromatic nitrogens is 1. The summed E-state index contributed by atoms with van der Waals surface area (Å²) in [5.41, 5.74) is 1.69. The van der Waals surface area contributed by atoms with Gasteiger partial charge in [-0.15, -0.1) is 0 Å². The molecule has 1 aromatic rings. The molecule has 0 atom stereocenters. The van der Waals surface area contributed by atoms with Crippen LogP contribution >= 0.6 is 11.6 Å². The predicted octanol–water partition coefficient (Wildman–Crippen LogP) is 2.85. The zero-order valence-corrected chi connectivity index (χ0v) is 9.07. The number of rotatable bonds is 4. The van der Waals surface area contributed by atoms with Crippen LogP contribution in [0.15, 0.2) is 30.1 Å². The number of pyridine rings is 1. The van der Waals surface area contributed by atoms with E-state index < -0.39 is 4.92 Å². The minimum atomic E-state index is -0.428. The maximum atomic E-state index is 10.3. The summed E-state index contributed by atoms with van der Waals surface area (Å²) < 4.78 is 0. The molecule has 0 aliphatic rings. The highest BCUT2D eigenvalue weighted by molar-refractivity contribution is 6.29. The molecule has 0 spiro atoms. The normalized spacial score (nSPS) is 11.5. The third-order valence-electron chi connectivity index (χ3n) is 1.96. The van der Waals surface area contributed by atoms with E-state index >= 15 is 0 Å². The Morgan fingerprint density at radius 1 is 1.67 bits per heavy atom. The first-order valence-corrected chi connectivity index (χ1v) is 4.93. The fourth-order valence-corrected chi connectivity index (χ4v) is 1.30. The second-order valence-corrected chi connectivity index (χ2v) is 3.48. The van der Waals surface area contributed by atoms with Crippen molar-refractivity contribution in [2.45, 2.75) is 19.8 Å². The molecule has 0 saturated carbocycles. The van der Waals surface area contributed by atoms with Crippen molar-refractivity contribution in [3.8, 4) is 0 Å². The topological polar surface area (TPSA) is 56.0 Å². The summed E-state index contributed by atoms with van der Waals surface area (Å²) in [6.45, 7) is 1.89. The number of hydrogen-bond acceptors (Lipinski definition) is 3. The number of hydrogen-bond donors (Lipinski definition) is 0. The molecule has 1 aromatic heterocycles. The van der Waals surface area contributed by atoms with Crippen molar-refractivity contribution in [2.75, 3.05) is 0 Å². The standard InChI is InChI=1S/C10H11ClN2O2/c1-2-8(7-13(14)15)5-9-3-4-10(11)12-6-9/h3-4,6-7H,2,5H2,1H3. The summed E-state index contributed by atoms with van der Waals surface area (Å²) in [4.78, 5) is 13.8. The van der Waals surface area contributed by atoms with E-state index in [4.69, 9.17) is 11.6 Å². The van der Waals surface area contributed by atoms with Crippen LogP contribution in [0, 0.1) is 10.1 Å². The van der Waals surface area contributed by atoms with E-state index in [1.165, 1.54) is 0 Å². The molecule has 0 aliphatic carbocycles. The lowest BCUT2D eigenvalue weighted by Gasteiger charge is -2.01. The van der Waals surface area contributed by atoms with Crippen molar-refractivity contribution >= 4 is 11.6 Å². The monoisotopic (exact) mass is 226 g/mol. The molecule has 0 aromatic carbocycles. The number of nitro groups is 1. The van der Waals surface area contributed by atoms with Gasteiger partial charge in [-0.3, -0.25) is 10.1 Å². The Bertz CT molecular complexity index is 374. The SMILES string of the molecule is CCC(=C[N+](=O)[O-])Cc1ccc(Cl)nc1. The molecule has 1 rings (SSSR count). The lowest BCUT2D eigenvalue weighted by Crippen LogP contribution is -1.95. The Balaban J connectivity index is 2.75. The average molecular weight is 227 g/mol. The van der Waals surface area contributed by atoms with Crippen molar-refractivity contribution in [3.63, 3.8) is 0 Å². The van der Waals surface area contributed by atoms with Crippen molar-refractivity contribution in [1.82, 2.24) is 4.98 Å². The fourth-order valence-electron chi connectivity index (χ4n) is 1.18. The molecule has 80 valence electrons. The summed E-state index contributed by atoms with van der Waals surface area (Å²) >= 11 is 5.63. The first-order chi connectivity index (χ1) is 7.11. The molecule has 0 radical (unpaired) electrons. The van der Waals surface area contributed by atoms with Crippen LogP contribution in [0.4, 0.5) is 0 Å². The Hall–Kier alpha value is -1.42. The van der Waals surface area contributed by atoms with Crippen LogP contribution in [0.5, 0.6) is 0 Å². The highest BCUT2D eigenvalue weighted by Crippen LogP contribution is 2.12. The molecule has 0 fully saturated rings. The number of halogens is 1. The largest absolute Gasteiger partial charge is 0.259 e. The maximum Gasteiger partial charge on any atom is 0.233 e. The highest BCUT2D eigenvalue weighted by Gasteiger charge is 2.03. The summed E-state index contributed by atoms with van der Waals surface area (Å²) in [7, 11) is 0. The van der Waals surface area contributed by atoms with Gasteiger partial charge < -0.3 is 0 Å². The second-order valence-electron chi connectivity index (χ2n) is 3.09. The van der Waals surface area contributed by atoms with Gasteiger partial charge in [-0.25, -0.2) is 4.98 Å². The fraction of sp³-hybridized carbons (Fsp3) is 0.300. The molecule has 1 heterocycles. The Labute approximate surface area is 92.7 Å². The minimum absolute atomic E-state index is 0.426. The predicted molar refractivity (Wildman–Crippen MR) is 58.3 cm³/mol. The molecule has 0 bridgehead atoms. The summed E-state index contributed by atoms with van der Waals surface area (Å²) in [5.74, 6) is 0. The van der Waals surface area contributed by atoms with Gasteiger partial charge >= 0.3 is 0 Å². The molecular weight excluding hydrogens is 216 g/mol. The molecular formula is C10H11ClN2O2. The first kappa shape index (κ1) is 11.7.